The molecule has 0 spiro atoms. The van der Waals surface area contributed by atoms with Gasteiger partial charge in [0.2, 0.25) is 0 Å². The maximum atomic E-state index is 10.1. The number of nitrogens with zero attached hydrogens (tertiary/aromatic N) is 1. The predicted octanol–water partition coefficient (Wildman–Crippen LogP) is 1.87. The van der Waals surface area contributed by atoms with Crippen LogP contribution < -0.4 is 0 Å². The molecule has 0 unspecified atom stereocenters. The Morgan fingerprint density at radius 2 is 1.92 bits per heavy atom. The standard InChI is InChI=1S/C8H15NO3/c10-8(11)6-4-2-1-3-5-7-9-12/h7,12H,1-6H2,(H,10,11). The van der Waals surface area contributed by atoms with E-state index in [0.717, 1.165) is 32.1 Å². The van der Waals surface area contributed by atoms with E-state index in [0.29, 0.717) is 0 Å². The summed E-state index contributed by atoms with van der Waals surface area (Å²) in [6.07, 6.45) is 6.12. The molecule has 4 heteroatoms. The first kappa shape index (κ1) is 10.9. The quantitative estimate of drug-likeness (QED) is 0.267. The van der Waals surface area contributed by atoms with Crippen molar-refractivity contribution >= 4 is 12.2 Å². The first-order chi connectivity index (χ1) is 5.77. The SMILES string of the molecule is O=C(O)CCCCCCC=NO. The van der Waals surface area contributed by atoms with Crippen molar-refractivity contribution in [2.45, 2.75) is 38.5 Å². The fraction of sp³-hybridized carbons (Fsp3) is 0.750. The smallest absolute Gasteiger partial charge is 0.303 e. The maximum Gasteiger partial charge on any atom is 0.303 e. The molecule has 0 aromatic heterocycles. The Bertz CT molecular complexity index is 145. The number of hydrogen-bond acceptors (Lipinski definition) is 3. The summed E-state index contributed by atoms with van der Waals surface area (Å²) in [4.78, 5) is 10.1. The molecule has 0 aliphatic heterocycles. The minimum Gasteiger partial charge on any atom is -0.481 e. The van der Waals surface area contributed by atoms with Gasteiger partial charge in [0.05, 0.1) is 0 Å². The van der Waals surface area contributed by atoms with Crippen molar-refractivity contribution in [1.29, 1.82) is 0 Å². The van der Waals surface area contributed by atoms with Gasteiger partial charge in [-0.05, 0) is 19.3 Å². The van der Waals surface area contributed by atoms with Crippen LogP contribution in [0, 0.1) is 0 Å². The number of aliphatic carboxylic acids is 1. The van der Waals surface area contributed by atoms with Crippen molar-refractivity contribution < 1.29 is 15.1 Å². The summed E-state index contributed by atoms with van der Waals surface area (Å²) >= 11 is 0. The summed E-state index contributed by atoms with van der Waals surface area (Å²) in [5.74, 6) is -0.730. The molecular formula is C8H15NO3. The zero-order valence-electron chi connectivity index (χ0n) is 7.07. The van der Waals surface area contributed by atoms with Gasteiger partial charge in [0, 0.05) is 12.6 Å². The van der Waals surface area contributed by atoms with Crippen molar-refractivity contribution in [1.82, 2.24) is 0 Å². The Labute approximate surface area is 71.9 Å². The Hall–Kier alpha value is -1.06. The maximum absolute atomic E-state index is 10.1. The molecule has 0 rings (SSSR count). The summed E-state index contributed by atoms with van der Waals surface area (Å²) in [5.41, 5.74) is 0. The molecule has 0 saturated carbocycles. The molecule has 0 saturated heterocycles. The monoisotopic (exact) mass is 173 g/mol. The van der Waals surface area contributed by atoms with E-state index in [1.807, 2.05) is 0 Å². The molecule has 0 aromatic carbocycles. The average Bonchev–Trinajstić information content (AvgIpc) is 2.02. The van der Waals surface area contributed by atoms with Crippen LogP contribution >= 0.6 is 0 Å². The Morgan fingerprint density at radius 3 is 2.50 bits per heavy atom. The molecular weight excluding hydrogens is 158 g/mol. The molecule has 0 aliphatic carbocycles. The summed E-state index contributed by atoms with van der Waals surface area (Å²) in [6, 6.07) is 0. The number of unbranched alkanes of at least 4 members (excludes halogenated alkanes) is 4. The van der Waals surface area contributed by atoms with Gasteiger partial charge in [0.15, 0.2) is 0 Å². The van der Waals surface area contributed by atoms with Gasteiger partial charge in [-0.3, -0.25) is 4.79 Å². The van der Waals surface area contributed by atoms with E-state index in [-0.39, 0.29) is 6.42 Å². The van der Waals surface area contributed by atoms with Crippen LogP contribution in [0.1, 0.15) is 38.5 Å². The molecule has 0 aromatic rings. The summed E-state index contributed by atoms with van der Waals surface area (Å²) in [5, 5.41) is 19.2. The zero-order chi connectivity index (χ0) is 9.23. The lowest BCUT2D eigenvalue weighted by atomic mass is 10.1. The Kier molecular flexibility index (Phi) is 7.33. The van der Waals surface area contributed by atoms with Crippen LogP contribution in [0.2, 0.25) is 0 Å². The molecule has 0 bridgehead atoms. The van der Waals surface area contributed by atoms with Gasteiger partial charge in [-0.1, -0.05) is 12.8 Å². The topological polar surface area (TPSA) is 69.9 Å². The number of hydrogen-bond donors (Lipinski definition) is 2. The van der Waals surface area contributed by atoms with Gasteiger partial charge in [-0.25, -0.2) is 0 Å². The lowest BCUT2D eigenvalue weighted by molar-refractivity contribution is -0.137. The van der Waals surface area contributed by atoms with E-state index < -0.39 is 5.97 Å². The predicted molar refractivity (Wildman–Crippen MR) is 45.6 cm³/mol. The lowest BCUT2D eigenvalue weighted by Gasteiger charge is -1.95. The van der Waals surface area contributed by atoms with Crippen molar-refractivity contribution in [3.63, 3.8) is 0 Å². The number of oxime groups is 1. The highest BCUT2D eigenvalue weighted by molar-refractivity contribution is 5.66. The van der Waals surface area contributed by atoms with Crippen LogP contribution in [0.4, 0.5) is 0 Å². The second-order valence-electron chi connectivity index (χ2n) is 2.64. The largest absolute Gasteiger partial charge is 0.481 e. The molecule has 0 amide bonds. The minimum atomic E-state index is -0.730. The fourth-order valence-electron chi connectivity index (χ4n) is 0.923. The summed E-state index contributed by atoms with van der Waals surface area (Å²) in [6.45, 7) is 0. The molecule has 0 aliphatic rings. The molecule has 0 fully saturated rings. The Morgan fingerprint density at radius 1 is 1.25 bits per heavy atom. The lowest BCUT2D eigenvalue weighted by Crippen LogP contribution is -1.93. The normalized spacial score (nSPS) is 10.7. The summed E-state index contributed by atoms with van der Waals surface area (Å²) in [7, 11) is 0. The van der Waals surface area contributed by atoms with Gasteiger partial charge < -0.3 is 10.3 Å². The van der Waals surface area contributed by atoms with Crippen molar-refractivity contribution in [3.05, 3.63) is 0 Å². The Balaban J connectivity index is 2.96. The minimum absolute atomic E-state index is 0.258. The van der Waals surface area contributed by atoms with Crippen LogP contribution in [0.3, 0.4) is 0 Å². The highest BCUT2D eigenvalue weighted by atomic mass is 16.4. The first-order valence-electron chi connectivity index (χ1n) is 4.15. The second kappa shape index (κ2) is 8.04. The molecule has 2 N–H and O–H groups in total. The van der Waals surface area contributed by atoms with E-state index in [9.17, 15) is 4.79 Å². The summed E-state index contributed by atoms with van der Waals surface area (Å²) < 4.78 is 0. The fourth-order valence-corrected chi connectivity index (χ4v) is 0.923. The van der Waals surface area contributed by atoms with Gasteiger partial charge in [0.25, 0.3) is 0 Å². The van der Waals surface area contributed by atoms with Gasteiger partial charge in [0.1, 0.15) is 0 Å². The third-order valence-corrected chi connectivity index (χ3v) is 1.56. The van der Waals surface area contributed by atoms with Crippen molar-refractivity contribution in [2.75, 3.05) is 0 Å². The number of rotatable bonds is 7. The van der Waals surface area contributed by atoms with Gasteiger partial charge in [-0.2, -0.15) is 0 Å². The van der Waals surface area contributed by atoms with Crippen LogP contribution in [0.5, 0.6) is 0 Å². The van der Waals surface area contributed by atoms with Crippen LogP contribution in [-0.2, 0) is 4.79 Å². The van der Waals surface area contributed by atoms with Crippen LogP contribution in [0.25, 0.3) is 0 Å². The second-order valence-corrected chi connectivity index (χ2v) is 2.64. The molecule has 70 valence electrons. The highest BCUT2D eigenvalue weighted by Gasteiger charge is 1.95. The third-order valence-electron chi connectivity index (χ3n) is 1.56. The zero-order valence-corrected chi connectivity index (χ0v) is 7.07. The van der Waals surface area contributed by atoms with E-state index in [4.69, 9.17) is 10.3 Å². The molecule has 4 nitrogen and oxygen atoms in total. The van der Waals surface area contributed by atoms with E-state index in [2.05, 4.69) is 5.16 Å². The molecule has 0 heterocycles. The number of carbonyl (C=O) groups is 1. The van der Waals surface area contributed by atoms with Crippen LogP contribution in [0.15, 0.2) is 5.16 Å². The molecule has 0 radical (unpaired) electrons. The van der Waals surface area contributed by atoms with E-state index in [1.165, 1.54) is 6.21 Å². The molecule has 0 atom stereocenters. The first-order valence-corrected chi connectivity index (χ1v) is 4.15. The van der Waals surface area contributed by atoms with Gasteiger partial charge in [-0.15, -0.1) is 5.16 Å². The van der Waals surface area contributed by atoms with E-state index in [1.54, 1.807) is 0 Å². The average molecular weight is 173 g/mol. The van der Waals surface area contributed by atoms with Crippen LogP contribution in [-0.4, -0.2) is 22.5 Å². The van der Waals surface area contributed by atoms with E-state index >= 15 is 0 Å². The third kappa shape index (κ3) is 8.94. The number of carboxylic acids is 1. The van der Waals surface area contributed by atoms with Crippen molar-refractivity contribution in [2.24, 2.45) is 5.16 Å². The highest BCUT2D eigenvalue weighted by Crippen LogP contribution is 2.04. The van der Waals surface area contributed by atoms with Crippen molar-refractivity contribution in [3.8, 4) is 0 Å². The molecule has 12 heavy (non-hydrogen) atoms. The van der Waals surface area contributed by atoms with Gasteiger partial charge >= 0.3 is 5.97 Å². The number of carboxylic acid groups (broad SMARTS) is 1.